The molecule has 0 bridgehead atoms. The minimum absolute atomic E-state index is 0.0429. The average Bonchev–Trinajstić information content (AvgIpc) is 3.50. The third-order valence-electron chi connectivity index (χ3n) is 7.54. The Hall–Kier alpha value is -3.28. The van der Waals surface area contributed by atoms with E-state index in [1.165, 1.54) is 29.2 Å². The Bertz CT molecular complexity index is 1580. The minimum atomic E-state index is -4.89. The van der Waals surface area contributed by atoms with Crippen LogP contribution in [-0.4, -0.2) is 43.8 Å². The van der Waals surface area contributed by atoms with Gasteiger partial charge in [0.05, 0.1) is 21.2 Å². The molecule has 236 valence electrons. The van der Waals surface area contributed by atoms with Gasteiger partial charge in [-0.2, -0.15) is 13.2 Å². The zero-order chi connectivity index (χ0) is 32.1. The van der Waals surface area contributed by atoms with Gasteiger partial charge in [0.2, 0.25) is 11.8 Å². The number of benzene rings is 3. The second kappa shape index (κ2) is 14.2. The van der Waals surface area contributed by atoms with Crippen molar-refractivity contribution in [2.45, 2.75) is 68.7 Å². The molecule has 44 heavy (non-hydrogen) atoms. The van der Waals surface area contributed by atoms with Gasteiger partial charge in [-0.3, -0.25) is 13.9 Å². The summed E-state index contributed by atoms with van der Waals surface area (Å²) in [6.07, 6.45) is -1.14. The number of amides is 2. The molecule has 0 unspecified atom stereocenters. The molecular weight excluding hydrogens is 638 g/mol. The van der Waals surface area contributed by atoms with E-state index in [0.717, 1.165) is 37.8 Å². The van der Waals surface area contributed by atoms with Gasteiger partial charge in [0.25, 0.3) is 10.0 Å². The first-order chi connectivity index (χ1) is 20.8. The fourth-order valence-corrected chi connectivity index (χ4v) is 7.08. The van der Waals surface area contributed by atoms with Crippen LogP contribution in [0.3, 0.4) is 0 Å². The topological polar surface area (TPSA) is 86.8 Å². The normalized spacial score (nSPS) is 14.7. The molecule has 2 amide bonds. The summed E-state index contributed by atoms with van der Waals surface area (Å²) in [5.41, 5.74) is -1.16. The summed E-state index contributed by atoms with van der Waals surface area (Å²) < 4.78 is 69.8. The molecular formula is C31H32Cl2F3N3O4S. The van der Waals surface area contributed by atoms with Crippen molar-refractivity contribution < 1.29 is 31.2 Å². The van der Waals surface area contributed by atoms with Gasteiger partial charge < -0.3 is 10.2 Å². The van der Waals surface area contributed by atoms with E-state index < -0.39 is 56.9 Å². The van der Waals surface area contributed by atoms with Gasteiger partial charge in [0.1, 0.15) is 12.6 Å². The standard InChI is InChI=1S/C31H32Cl2F3N3O4S/c1-2-28(30(41)37-22-11-7-8-12-22)38(19-21-10-6-9-15-26(21)32)29(40)20-39(44(42,43)24-13-4-3-5-14-24)23-16-17-27(33)25(18-23)31(34,35)36/h3-6,9-10,13-18,22,28H,2,7-8,11-12,19-20H2,1H3,(H,37,41)/t28-/m0/s1. The molecule has 1 aliphatic carbocycles. The van der Waals surface area contributed by atoms with Crippen LogP contribution in [-0.2, 0) is 32.3 Å². The van der Waals surface area contributed by atoms with E-state index in [1.54, 1.807) is 37.3 Å². The van der Waals surface area contributed by atoms with Crippen molar-refractivity contribution >= 4 is 50.7 Å². The van der Waals surface area contributed by atoms with E-state index in [0.29, 0.717) is 21.0 Å². The highest BCUT2D eigenvalue weighted by molar-refractivity contribution is 7.92. The third-order valence-corrected chi connectivity index (χ3v) is 10.0. The van der Waals surface area contributed by atoms with Gasteiger partial charge in [-0.1, -0.05) is 79.4 Å². The quantitative estimate of drug-likeness (QED) is 0.237. The van der Waals surface area contributed by atoms with Gasteiger partial charge in [0.15, 0.2) is 0 Å². The Labute approximate surface area is 265 Å². The number of carbonyl (C=O) groups excluding carboxylic acids is 2. The predicted octanol–water partition coefficient (Wildman–Crippen LogP) is 7.07. The van der Waals surface area contributed by atoms with E-state index in [2.05, 4.69) is 5.32 Å². The smallest absolute Gasteiger partial charge is 0.352 e. The summed E-state index contributed by atoms with van der Waals surface area (Å²) in [7, 11) is -4.56. The molecule has 1 atom stereocenters. The lowest BCUT2D eigenvalue weighted by molar-refractivity contribution is -0.140. The first-order valence-electron chi connectivity index (χ1n) is 14.1. The van der Waals surface area contributed by atoms with Crippen LogP contribution in [0.5, 0.6) is 0 Å². The molecule has 3 aromatic carbocycles. The van der Waals surface area contributed by atoms with Crippen molar-refractivity contribution in [3.8, 4) is 0 Å². The van der Waals surface area contributed by atoms with E-state index in [1.807, 2.05) is 0 Å². The van der Waals surface area contributed by atoms with Crippen LogP contribution in [0.2, 0.25) is 10.0 Å². The maximum Gasteiger partial charge on any atom is 0.417 e. The Kier molecular flexibility index (Phi) is 10.9. The molecule has 4 rings (SSSR count). The minimum Gasteiger partial charge on any atom is -0.352 e. The Morgan fingerprint density at radius 1 is 0.955 bits per heavy atom. The van der Waals surface area contributed by atoms with E-state index in [-0.39, 0.29) is 23.9 Å². The Morgan fingerprint density at radius 3 is 2.20 bits per heavy atom. The van der Waals surface area contributed by atoms with Crippen molar-refractivity contribution in [3.63, 3.8) is 0 Å². The van der Waals surface area contributed by atoms with Gasteiger partial charge in [-0.25, -0.2) is 8.42 Å². The lowest BCUT2D eigenvalue weighted by atomic mass is 10.1. The summed E-state index contributed by atoms with van der Waals surface area (Å²) in [4.78, 5) is 28.7. The lowest BCUT2D eigenvalue weighted by Crippen LogP contribution is -2.53. The molecule has 0 saturated heterocycles. The molecule has 13 heteroatoms. The van der Waals surface area contributed by atoms with Crippen LogP contribution in [0.25, 0.3) is 0 Å². The number of carbonyl (C=O) groups is 2. The van der Waals surface area contributed by atoms with Crippen molar-refractivity contribution in [3.05, 3.63) is 94.0 Å². The summed E-state index contributed by atoms with van der Waals surface area (Å²) in [5.74, 6) is -1.20. The number of halogens is 5. The maximum absolute atomic E-state index is 14.2. The van der Waals surface area contributed by atoms with Crippen LogP contribution in [0.15, 0.2) is 77.7 Å². The number of hydrogen-bond donors (Lipinski definition) is 1. The zero-order valence-electron chi connectivity index (χ0n) is 23.9. The summed E-state index contributed by atoms with van der Waals surface area (Å²) in [5, 5.41) is 2.71. The molecule has 1 aliphatic rings. The summed E-state index contributed by atoms with van der Waals surface area (Å²) in [6.45, 7) is 0.690. The van der Waals surface area contributed by atoms with Crippen LogP contribution < -0.4 is 9.62 Å². The second-order valence-electron chi connectivity index (χ2n) is 10.5. The number of rotatable bonds is 11. The molecule has 3 aromatic rings. The second-order valence-corrected chi connectivity index (χ2v) is 13.2. The number of anilines is 1. The lowest BCUT2D eigenvalue weighted by Gasteiger charge is -2.34. The number of alkyl halides is 3. The SMILES string of the molecule is CC[C@@H](C(=O)NC1CCCC1)N(Cc1ccccc1Cl)C(=O)CN(c1ccc(Cl)c(C(F)(F)F)c1)S(=O)(=O)c1ccccc1. The predicted molar refractivity (Wildman–Crippen MR) is 164 cm³/mol. The first-order valence-corrected chi connectivity index (χ1v) is 16.3. The van der Waals surface area contributed by atoms with Gasteiger partial charge >= 0.3 is 6.18 Å². The fourth-order valence-electron chi connectivity index (χ4n) is 5.23. The molecule has 0 radical (unpaired) electrons. The number of hydrogen-bond acceptors (Lipinski definition) is 4. The Morgan fingerprint density at radius 2 is 1.59 bits per heavy atom. The Balaban J connectivity index is 1.78. The van der Waals surface area contributed by atoms with E-state index in [9.17, 15) is 31.2 Å². The first kappa shape index (κ1) is 33.6. The van der Waals surface area contributed by atoms with Crippen molar-refractivity contribution in [1.82, 2.24) is 10.2 Å². The van der Waals surface area contributed by atoms with Crippen molar-refractivity contribution in [2.24, 2.45) is 0 Å². The molecule has 0 aliphatic heterocycles. The molecule has 0 spiro atoms. The van der Waals surface area contributed by atoms with Crippen LogP contribution in [0.4, 0.5) is 18.9 Å². The van der Waals surface area contributed by atoms with Crippen LogP contribution in [0, 0.1) is 0 Å². The highest BCUT2D eigenvalue weighted by Crippen LogP contribution is 2.38. The molecule has 7 nitrogen and oxygen atoms in total. The van der Waals surface area contributed by atoms with Crippen LogP contribution in [0.1, 0.15) is 50.2 Å². The molecule has 1 saturated carbocycles. The van der Waals surface area contributed by atoms with Gasteiger partial charge in [-0.15, -0.1) is 0 Å². The zero-order valence-corrected chi connectivity index (χ0v) is 26.2. The van der Waals surface area contributed by atoms with Gasteiger partial charge in [-0.05, 0) is 61.2 Å². The highest BCUT2D eigenvalue weighted by Gasteiger charge is 2.37. The molecule has 0 heterocycles. The van der Waals surface area contributed by atoms with Crippen molar-refractivity contribution in [1.29, 1.82) is 0 Å². The highest BCUT2D eigenvalue weighted by atomic mass is 35.5. The third kappa shape index (κ3) is 7.86. The summed E-state index contributed by atoms with van der Waals surface area (Å²) in [6, 6.07) is 15.4. The van der Waals surface area contributed by atoms with E-state index in [4.69, 9.17) is 23.2 Å². The summed E-state index contributed by atoms with van der Waals surface area (Å²) >= 11 is 12.2. The monoisotopic (exact) mass is 669 g/mol. The number of sulfonamides is 1. The number of nitrogens with one attached hydrogen (secondary N) is 1. The maximum atomic E-state index is 14.2. The van der Waals surface area contributed by atoms with Gasteiger partial charge in [0, 0.05) is 17.6 Å². The number of nitrogens with zero attached hydrogens (tertiary/aromatic N) is 2. The van der Waals surface area contributed by atoms with E-state index >= 15 is 0 Å². The largest absolute Gasteiger partial charge is 0.417 e. The fraction of sp³-hybridized carbons (Fsp3) is 0.355. The average molecular weight is 671 g/mol. The molecule has 1 N–H and O–H groups in total. The molecule has 1 fully saturated rings. The molecule has 0 aromatic heterocycles. The van der Waals surface area contributed by atoms with Crippen LogP contribution >= 0.6 is 23.2 Å². The van der Waals surface area contributed by atoms with Crippen molar-refractivity contribution in [2.75, 3.05) is 10.8 Å².